The number of aryl methyl sites for hydroxylation is 1. The van der Waals surface area contributed by atoms with Crippen LogP contribution in [0.5, 0.6) is 5.75 Å². The van der Waals surface area contributed by atoms with Crippen molar-refractivity contribution in [2.24, 2.45) is 7.05 Å². The lowest BCUT2D eigenvalue weighted by Gasteiger charge is -2.20. The van der Waals surface area contributed by atoms with E-state index in [2.05, 4.69) is 10.3 Å². The number of carbonyl (C=O) groups excluding carboxylic acids is 1. The Morgan fingerprint density at radius 2 is 2.08 bits per heavy atom. The summed E-state index contributed by atoms with van der Waals surface area (Å²) in [5.74, 6) is 0.821. The lowest BCUT2D eigenvalue weighted by molar-refractivity contribution is -0.121. The van der Waals surface area contributed by atoms with Gasteiger partial charge in [-0.05, 0) is 35.4 Å². The van der Waals surface area contributed by atoms with Gasteiger partial charge in [-0.1, -0.05) is 24.3 Å². The van der Waals surface area contributed by atoms with Gasteiger partial charge < -0.3 is 14.6 Å². The first-order chi connectivity index (χ1) is 12.6. The number of rotatable bonds is 6. The molecule has 1 amide bonds. The summed E-state index contributed by atoms with van der Waals surface area (Å²) in [5, 5.41) is 3.00. The number of nitrogens with zero attached hydrogens (tertiary/aromatic N) is 2. The van der Waals surface area contributed by atoms with Crippen LogP contribution in [0.25, 0.3) is 0 Å². The molecule has 1 unspecified atom stereocenters. The van der Waals surface area contributed by atoms with Crippen molar-refractivity contribution in [3.05, 3.63) is 83.7 Å². The lowest BCUT2D eigenvalue weighted by atomic mass is 10.0. The minimum Gasteiger partial charge on any atom is -0.497 e. The number of imidazole rings is 1. The van der Waals surface area contributed by atoms with Crippen LogP contribution in [0, 0.1) is 5.82 Å². The van der Waals surface area contributed by atoms with Gasteiger partial charge in [-0.15, -0.1) is 0 Å². The summed E-state index contributed by atoms with van der Waals surface area (Å²) in [4.78, 5) is 16.9. The normalized spacial score (nSPS) is 11.8. The first kappa shape index (κ1) is 17.7. The Bertz CT molecular complexity index is 907. The number of ether oxygens (including phenoxy) is 1. The maximum Gasteiger partial charge on any atom is 0.225 e. The molecular formula is C20H20FN3O2. The molecule has 1 heterocycles. The van der Waals surface area contributed by atoms with Crippen molar-refractivity contribution in [3.8, 4) is 5.75 Å². The highest BCUT2D eigenvalue weighted by Crippen LogP contribution is 2.24. The number of carbonyl (C=O) groups is 1. The molecule has 2 aromatic carbocycles. The number of nitrogens with one attached hydrogen (secondary N) is 1. The molecule has 5 nitrogen and oxygen atoms in total. The molecule has 0 spiro atoms. The van der Waals surface area contributed by atoms with E-state index in [4.69, 9.17) is 4.74 Å². The predicted octanol–water partition coefficient (Wildman–Crippen LogP) is 3.02. The molecule has 1 N–H and O–H groups in total. The lowest BCUT2D eigenvalue weighted by Crippen LogP contribution is -2.32. The summed E-state index contributed by atoms with van der Waals surface area (Å²) >= 11 is 0. The van der Waals surface area contributed by atoms with Crippen LogP contribution in [0.2, 0.25) is 0 Å². The Balaban J connectivity index is 1.86. The molecule has 6 heteroatoms. The first-order valence-electron chi connectivity index (χ1n) is 8.22. The fraction of sp³-hybridized carbons (Fsp3) is 0.200. The van der Waals surface area contributed by atoms with Crippen LogP contribution in [0.3, 0.4) is 0 Å². The highest BCUT2D eigenvalue weighted by atomic mass is 19.1. The zero-order valence-corrected chi connectivity index (χ0v) is 14.6. The van der Waals surface area contributed by atoms with E-state index in [1.54, 1.807) is 25.4 Å². The number of halogens is 1. The molecule has 0 aliphatic carbocycles. The zero-order chi connectivity index (χ0) is 18.5. The number of methoxy groups -OCH3 is 1. The van der Waals surface area contributed by atoms with Crippen molar-refractivity contribution >= 4 is 5.91 Å². The number of aromatic nitrogens is 2. The molecule has 3 aromatic rings. The van der Waals surface area contributed by atoms with Crippen LogP contribution >= 0.6 is 0 Å². The number of hydrogen-bond donors (Lipinski definition) is 1. The van der Waals surface area contributed by atoms with Crippen molar-refractivity contribution < 1.29 is 13.9 Å². The molecule has 1 aromatic heterocycles. The molecule has 0 aliphatic rings. The molecule has 26 heavy (non-hydrogen) atoms. The number of hydrogen-bond acceptors (Lipinski definition) is 3. The first-order valence-corrected chi connectivity index (χ1v) is 8.22. The maximum atomic E-state index is 13.3. The molecule has 0 aliphatic heterocycles. The van der Waals surface area contributed by atoms with Gasteiger partial charge in [0.1, 0.15) is 23.4 Å². The summed E-state index contributed by atoms with van der Waals surface area (Å²) in [6.07, 6.45) is 3.59. The molecule has 0 saturated heterocycles. The molecule has 0 bridgehead atoms. The second-order valence-corrected chi connectivity index (χ2v) is 5.98. The average Bonchev–Trinajstić information content (AvgIpc) is 3.05. The SMILES string of the molecule is COc1cccc(C(NC(=O)Cc2cccc(F)c2)c2nccn2C)c1. The van der Waals surface area contributed by atoms with Crippen LogP contribution in [0.4, 0.5) is 4.39 Å². The van der Waals surface area contributed by atoms with E-state index in [0.29, 0.717) is 17.1 Å². The van der Waals surface area contributed by atoms with Crippen molar-refractivity contribution in [1.82, 2.24) is 14.9 Å². The standard InChI is InChI=1S/C20H20FN3O2/c1-24-10-9-22-20(24)19(15-6-4-8-17(13-15)26-2)23-18(25)12-14-5-3-7-16(21)11-14/h3-11,13,19H,12H2,1-2H3,(H,23,25). The van der Waals surface area contributed by atoms with Gasteiger partial charge in [-0.3, -0.25) is 4.79 Å². The summed E-state index contributed by atoms with van der Waals surface area (Å²) in [5.41, 5.74) is 1.47. The molecule has 0 saturated carbocycles. The van der Waals surface area contributed by atoms with Crippen LogP contribution < -0.4 is 10.1 Å². The zero-order valence-electron chi connectivity index (χ0n) is 14.6. The molecule has 1 atom stereocenters. The van der Waals surface area contributed by atoms with Crippen molar-refractivity contribution in [2.75, 3.05) is 7.11 Å². The molecular weight excluding hydrogens is 333 g/mol. The minimum absolute atomic E-state index is 0.0860. The van der Waals surface area contributed by atoms with Gasteiger partial charge in [-0.25, -0.2) is 9.37 Å². The van der Waals surface area contributed by atoms with E-state index in [1.807, 2.05) is 42.1 Å². The molecule has 0 radical (unpaired) electrons. The Labute approximate surface area is 151 Å². The second-order valence-electron chi connectivity index (χ2n) is 5.98. The van der Waals surface area contributed by atoms with Crippen LogP contribution in [-0.2, 0) is 18.3 Å². The van der Waals surface area contributed by atoms with Crippen molar-refractivity contribution in [3.63, 3.8) is 0 Å². The van der Waals surface area contributed by atoms with Crippen molar-refractivity contribution in [2.45, 2.75) is 12.5 Å². The van der Waals surface area contributed by atoms with Gasteiger partial charge in [0.2, 0.25) is 5.91 Å². The average molecular weight is 353 g/mol. The Kier molecular flexibility index (Phi) is 5.31. The van der Waals surface area contributed by atoms with Gasteiger partial charge in [0.25, 0.3) is 0 Å². The largest absolute Gasteiger partial charge is 0.497 e. The maximum absolute atomic E-state index is 13.3. The van der Waals surface area contributed by atoms with E-state index in [-0.39, 0.29) is 18.1 Å². The van der Waals surface area contributed by atoms with Crippen LogP contribution in [-0.4, -0.2) is 22.6 Å². The van der Waals surface area contributed by atoms with Gasteiger partial charge in [0.15, 0.2) is 0 Å². The third-order valence-electron chi connectivity index (χ3n) is 4.10. The predicted molar refractivity (Wildman–Crippen MR) is 96.3 cm³/mol. The van der Waals surface area contributed by atoms with Gasteiger partial charge >= 0.3 is 0 Å². The van der Waals surface area contributed by atoms with Gasteiger partial charge in [0, 0.05) is 19.4 Å². The van der Waals surface area contributed by atoms with E-state index >= 15 is 0 Å². The smallest absolute Gasteiger partial charge is 0.225 e. The number of amides is 1. The summed E-state index contributed by atoms with van der Waals surface area (Å²) < 4.78 is 20.5. The Hall–Kier alpha value is -3.15. The molecule has 134 valence electrons. The van der Waals surface area contributed by atoms with Gasteiger partial charge in [0.05, 0.1) is 13.5 Å². The van der Waals surface area contributed by atoms with Crippen LogP contribution in [0.1, 0.15) is 23.0 Å². The summed E-state index contributed by atoms with van der Waals surface area (Å²) in [7, 11) is 3.46. The number of benzene rings is 2. The summed E-state index contributed by atoms with van der Waals surface area (Å²) in [6.45, 7) is 0. The van der Waals surface area contributed by atoms with E-state index in [9.17, 15) is 9.18 Å². The Morgan fingerprint density at radius 1 is 1.27 bits per heavy atom. The fourth-order valence-electron chi connectivity index (χ4n) is 2.82. The second kappa shape index (κ2) is 7.82. The fourth-order valence-corrected chi connectivity index (χ4v) is 2.82. The topological polar surface area (TPSA) is 56.1 Å². The quantitative estimate of drug-likeness (QED) is 0.741. The highest BCUT2D eigenvalue weighted by molar-refractivity contribution is 5.79. The minimum atomic E-state index is -0.439. The highest BCUT2D eigenvalue weighted by Gasteiger charge is 2.21. The molecule has 0 fully saturated rings. The third-order valence-corrected chi connectivity index (χ3v) is 4.10. The van der Waals surface area contributed by atoms with Crippen LogP contribution in [0.15, 0.2) is 60.9 Å². The van der Waals surface area contributed by atoms with E-state index < -0.39 is 6.04 Å². The monoisotopic (exact) mass is 353 g/mol. The summed E-state index contributed by atoms with van der Waals surface area (Å²) in [6, 6.07) is 13.1. The van der Waals surface area contributed by atoms with E-state index in [0.717, 1.165) is 5.56 Å². The van der Waals surface area contributed by atoms with Crippen molar-refractivity contribution in [1.29, 1.82) is 0 Å². The Morgan fingerprint density at radius 3 is 2.77 bits per heavy atom. The van der Waals surface area contributed by atoms with E-state index in [1.165, 1.54) is 12.1 Å². The third kappa shape index (κ3) is 4.08. The molecule has 3 rings (SSSR count). The van der Waals surface area contributed by atoms with Gasteiger partial charge in [-0.2, -0.15) is 0 Å².